The fourth-order valence-corrected chi connectivity index (χ4v) is 4.81. The van der Waals surface area contributed by atoms with Gasteiger partial charge in [0.15, 0.2) is 10.8 Å². The molecule has 0 unspecified atom stereocenters. The number of carbonyl (C=O) groups excluding carboxylic acids is 2. The minimum Gasteiger partial charge on any atom is -0.354 e. The van der Waals surface area contributed by atoms with Gasteiger partial charge in [-0.2, -0.15) is 0 Å². The van der Waals surface area contributed by atoms with Crippen LogP contribution in [0.25, 0.3) is 11.2 Å². The molecule has 4 N–H and O–H groups in total. The number of ether oxygens (including phenoxy) is 1. The molecule has 4 rings (SSSR count). The third-order valence-corrected chi connectivity index (χ3v) is 6.98. The van der Waals surface area contributed by atoms with Gasteiger partial charge >= 0.3 is 0 Å². The molecule has 0 radical (unpaired) electrons. The second-order valence-corrected chi connectivity index (χ2v) is 9.74. The van der Waals surface area contributed by atoms with Gasteiger partial charge in [0.2, 0.25) is 11.8 Å². The molecule has 13 heteroatoms. The summed E-state index contributed by atoms with van der Waals surface area (Å²) >= 11 is 6.08. The van der Waals surface area contributed by atoms with Crippen molar-refractivity contribution in [3.05, 3.63) is 17.8 Å². The van der Waals surface area contributed by atoms with E-state index in [1.807, 2.05) is 4.90 Å². The topological polar surface area (TPSA) is 138 Å². The minimum atomic E-state index is -0.506. The first-order valence-electron chi connectivity index (χ1n) is 13.3. The number of halogens is 1. The van der Waals surface area contributed by atoms with Crippen LogP contribution in [0.5, 0.6) is 0 Å². The maximum absolute atomic E-state index is 12.7. The lowest BCUT2D eigenvalue weighted by Gasteiger charge is -2.24. The molecule has 12 nitrogen and oxygen atoms in total. The Hall–Kier alpha value is -2.38. The molecule has 204 valence electrons. The molecule has 37 heavy (non-hydrogen) atoms. The van der Waals surface area contributed by atoms with Crippen LogP contribution in [0.15, 0.2) is 12.7 Å². The normalized spacial score (nSPS) is 21.9. The molecule has 2 aliphatic rings. The summed E-state index contributed by atoms with van der Waals surface area (Å²) in [6.45, 7) is 7.33. The van der Waals surface area contributed by atoms with Crippen molar-refractivity contribution >= 4 is 34.6 Å². The number of aromatic nitrogens is 4. The van der Waals surface area contributed by atoms with Gasteiger partial charge < -0.3 is 30.9 Å². The summed E-state index contributed by atoms with van der Waals surface area (Å²) in [5.74, 6) is 0.0944. The fourth-order valence-electron chi connectivity index (χ4n) is 4.63. The van der Waals surface area contributed by atoms with E-state index in [4.69, 9.17) is 16.3 Å². The standard InChI is InChI=1S/C24H38ClN9O3/c25-22-21-23(31-16-30-22)34(17-32-21)20-6-5-18(37-20)24(36)29-7-3-1-2-4-19(35)33-14-12-27-10-8-26-9-11-28-13-15-33/h16-18,20,26-28H,1-15H2,(H,29,36)/t18-,20+/m0/s1. The Morgan fingerprint density at radius 2 is 1.70 bits per heavy atom. The third kappa shape index (κ3) is 8.05. The van der Waals surface area contributed by atoms with Gasteiger partial charge in [0.05, 0.1) is 6.33 Å². The van der Waals surface area contributed by atoms with E-state index in [9.17, 15) is 9.59 Å². The number of hydrogen-bond acceptors (Lipinski definition) is 9. The van der Waals surface area contributed by atoms with E-state index in [1.165, 1.54) is 6.33 Å². The first-order chi connectivity index (χ1) is 18.1. The summed E-state index contributed by atoms with van der Waals surface area (Å²) in [7, 11) is 0. The van der Waals surface area contributed by atoms with E-state index < -0.39 is 6.10 Å². The largest absolute Gasteiger partial charge is 0.354 e. The quantitative estimate of drug-likeness (QED) is 0.280. The van der Waals surface area contributed by atoms with Crippen molar-refractivity contribution in [1.29, 1.82) is 0 Å². The van der Waals surface area contributed by atoms with E-state index in [2.05, 4.69) is 36.2 Å². The second-order valence-electron chi connectivity index (χ2n) is 9.38. The van der Waals surface area contributed by atoms with Crippen molar-refractivity contribution in [2.24, 2.45) is 0 Å². The molecule has 2 atom stereocenters. The smallest absolute Gasteiger partial charge is 0.249 e. The Labute approximate surface area is 222 Å². The van der Waals surface area contributed by atoms with Crippen molar-refractivity contribution in [3.63, 3.8) is 0 Å². The van der Waals surface area contributed by atoms with Crippen molar-refractivity contribution in [3.8, 4) is 0 Å². The van der Waals surface area contributed by atoms with E-state index >= 15 is 0 Å². The van der Waals surface area contributed by atoms with Crippen LogP contribution >= 0.6 is 11.6 Å². The highest BCUT2D eigenvalue weighted by atomic mass is 35.5. The molecular weight excluding hydrogens is 498 g/mol. The van der Waals surface area contributed by atoms with E-state index in [0.717, 1.165) is 71.6 Å². The number of amides is 2. The molecule has 0 saturated carbocycles. The van der Waals surface area contributed by atoms with Gasteiger partial charge in [0, 0.05) is 65.3 Å². The number of fused-ring (bicyclic) bond motifs is 1. The van der Waals surface area contributed by atoms with Gasteiger partial charge in [-0.1, -0.05) is 18.0 Å². The molecular formula is C24H38ClN9O3. The van der Waals surface area contributed by atoms with Crippen LogP contribution in [0.4, 0.5) is 0 Å². The van der Waals surface area contributed by atoms with Crippen molar-refractivity contribution < 1.29 is 14.3 Å². The average molecular weight is 536 g/mol. The maximum atomic E-state index is 12.7. The zero-order chi connectivity index (χ0) is 25.9. The first-order valence-corrected chi connectivity index (χ1v) is 13.7. The minimum absolute atomic E-state index is 0.106. The summed E-state index contributed by atoms with van der Waals surface area (Å²) in [5.41, 5.74) is 1.12. The molecule has 0 bridgehead atoms. The highest BCUT2D eigenvalue weighted by molar-refractivity contribution is 6.33. The fraction of sp³-hybridized carbons (Fsp3) is 0.708. The van der Waals surface area contributed by atoms with E-state index in [1.54, 1.807) is 10.9 Å². The van der Waals surface area contributed by atoms with Crippen LogP contribution in [0.3, 0.4) is 0 Å². The summed E-state index contributed by atoms with van der Waals surface area (Å²) in [5, 5.41) is 13.4. The molecule has 2 fully saturated rings. The average Bonchev–Trinajstić information content (AvgIpc) is 3.54. The molecule has 0 spiro atoms. The summed E-state index contributed by atoms with van der Waals surface area (Å²) in [6.07, 6.45) is 6.57. The maximum Gasteiger partial charge on any atom is 0.249 e. The molecule has 2 aliphatic heterocycles. The van der Waals surface area contributed by atoms with Crippen LogP contribution in [0.2, 0.25) is 5.15 Å². The number of hydrogen-bond donors (Lipinski definition) is 4. The lowest BCUT2D eigenvalue weighted by Crippen LogP contribution is -2.44. The van der Waals surface area contributed by atoms with Gasteiger partial charge in [-0.3, -0.25) is 14.2 Å². The number of unbranched alkanes of at least 4 members (excludes halogenated alkanes) is 2. The molecule has 4 heterocycles. The van der Waals surface area contributed by atoms with Gasteiger partial charge in [-0.25, -0.2) is 15.0 Å². The SMILES string of the molecule is O=C(NCCCCCC(=O)N1CCNCCNCCNCC1)[C@@H]1CC[C@H](n2cnc3c(Cl)ncnc32)O1. The molecule has 0 aliphatic carbocycles. The van der Waals surface area contributed by atoms with Gasteiger partial charge in [-0.05, 0) is 25.7 Å². The molecule has 2 aromatic heterocycles. The Balaban J connectivity index is 1.11. The Bertz CT molecular complexity index is 1010. The summed E-state index contributed by atoms with van der Waals surface area (Å²) in [4.78, 5) is 39.7. The van der Waals surface area contributed by atoms with Crippen LogP contribution in [0.1, 0.15) is 44.8 Å². The van der Waals surface area contributed by atoms with Crippen LogP contribution in [0, 0.1) is 0 Å². The van der Waals surface area contributed by atoms with E-state index in [0.29, 0.717) is 42.1 Å². The Morgan fingerprint density at radius 3 is 2.46 bits per heavy atom. The van der Waals surface area contributed by atoms with Crippen molar-refractivity contribution in [2.75, 3.05) is 58.9 Å². The summed E-state index contributed by atoms with van der Waals surface area (Å²) in [6, 6.07) is 0. The van der Waals surface area contributed by atoms with Gasteiger partial charge in [0.1, 0.15) is 24.2 Å². The van der Waals surface area contributed by atoms with Crippen LogP contribution < -0.4 is 21.3 Å². The van der Waals surface area contributed by atoms with Crippen molar-refractivity contribution in [1.82, 2.24) is 45.7 Å². The van der Waals surface area contributed by atoms with Gasteiger partial charge in [0.25, 0.3) is 0 Å². The number of rotatable bonds is 8. The lowest BCUT2D eigenvalue weighted by molar-refractivity contribution is -0.134. The highest BCUT2D eigenvalue weighted by Crippen LogP contribution is 2.31. The number of imidazole rings is 1. The van der Waals surface area contributed by atoms with Gasteiger partial charge in [-0.15, -0.1) is 0 Å². The highest BCUT2D eigenvalue weighted by Gasteiger charge is 2.32. The number of nitrogens with one attached hydrogen (secondary N) is 4. The van der Waals surface area contributed by atoms with Crippen molar-refractivity contribution in [2.45, 2.75) is 50.9 Å². The lowest BCUT2D eigenvalue weighted by atomic mass is 10.1. The number of carbonyl (C=O) groups is 2. The molecule has 0 aromatic carbocycles. The molecule has 2 saturated heterocycles. The first kappa shape index (κ1) is 27.6. The Morgan fingerprint density at radius 1 is 0.973 bits per heavy atom. The Kier molecular flexibility index (Phi) is 10.9. The second kappa shape index (κ2) is 14.5. The third-order valence-electron chi connectivity index (χ3n) is 6.71. The number of nitrogens with zero attached hydrogens (tertiary/aromatic N) is 5. The van der Waals surface area contributed by atoms with Crippen LogP contribution in [-0.4, -0.2) is 101 Å². The monoisotopic (exact) mass is 535 g/mol. The van der Waals surface area contributed by atoms with E-state index in [-0.39, 0.29) is 18.0 Å². The predicted molar refractivity (Wildman–Crippen MR) is 140 cm³/mol. The molecule has 2 amide bonds. The zero-order valence-corrected chi connectivity index (χ0v) is 22.0. The van der Waals surface area contributed by atoms with Crippen LogP contribution in [-0.2, 0) is 14.3 Å². The zero-order valence-electron chi connectivity index (χ0n) is 21.3. The molecule has 2 aromatic rings. The summed E-state index contributed by atoms with van der Waals surface area (Å²) < 4.78 is 7.79. The predicted octanol–water partition coefficient (Wildman–Crippen LogP) is 0.445.